The van der Waals surface area contributed by atoms with Crippen LogP contribution in [0.4, 0.5) is 11.4 Å². The molecule has 3 rings (SSSR count). The Morgan fingerprint density at radius 3 is 2.52 bits per heavy atom. The van der Waals surface area contributed by atoms with Gasteiger partial charge in [-0.3, -0.25) is 14.6 Å². The van der Waals surface area contributed by atoms with Gasteiger partial charge in [0.05, 0.1) is 28.5 Å². The van der Waals surface area contributed by atoms with Crippen molar-refractivity contribution in [3.8, 4) is 0 Å². The van der Waals surface area contributed by atoms with Crippen LogP contribution in [0.5, 0.6) is 0 Å². The quantitative estimate of drug-likeness (QED) is 0.665. The summed E-state index contributed by atoms with van der Waals surface area (Å²) in [6.07, 6.45) is 0.913. The highest BCUT2D eigenvalue weighted by Crippen LogP contribution is 2.21. The smallest absolute Gasteiger partial charge is 0.338 e. The fourth-order valence-corrected chi connectivity index (χ4v) is 3.09. The van der Waals surface area contributed by atoms with Gasteiger partial charge in [0.1, 0.15) is 0 Å². The van der Waals surface area contributed by atoms with Crippen LogP contribution in [0.15, 0.2) is 53.6 Å². The number of para-hydroxylation sites is 1. The van der Waals surface area contributed by atoms with E-state index in [4.69, 9.17) is 16.3 Å². The van der Waals surface area contributed by atoms with Crippen LogP contribution in [0.2, 0.25) is 5.02 Å². The largest absolute Gasteiger partial charge is 0.452 e. The minimum Gasteiger partial charge on any atom is -0.452 e. The van der Waals surface area contributed by atoms with Gasteiger partial charge in [0.2, 0.25) is 5.91 Å². The number of carbonyl (C=O) groups excluding carboxylic acids is 3. The van der Waals surface area contributed by atoms with Crippen molar-refractivity contribution in [2.75, 3.05) is 37.1 Å². The van der Waals surface area contributed by atoms with Gasteiger partial charge < -0.3 is 15.0 Å². The molecule has 1 aliphatic rings. The third-order valence-electron chi connectivity index (χ3n) is 4.66. The van der Waals surface area contributed by atoms with Crippen molar-refractivity contribution < 1.29 is 19.1 Å². The maximum absolute atomic E-state index is 12.2. The molecule has 0 bridgehead atoms. The highest BCUT2D eigenvalue weighted by atomic mass is 35.5. The molecule has 0 fully saturated rings. The molecule has 0 spiro atoms. The van der Waals surface area contributed by atoms with Crippen molar-refractivity contribution in [1.82, 2.24) is 4.90 Å². The Labute approximate surface area is 185 Å². The van der Waals surface area contributed by atoms with Gasteiger partial charge in [-0.25, -0.2) is 4.79 Å². The van der Waals surface area contributed by atoms with Crippen LogP contribution in [0.25, 0.3) is 0 Å². The van der Waals surface area contributed by atoms with Crippen LogP contribution in [0, 0.1) is 0 Å². The average molecular weight is 443 g/mol. The second-order valence-electron chi connectivity index (χ2n) is 7.11. The lowest BCUT2D eigenvalue weighted by Gasteiger charge is -2.17. The SMILES string of the molecule is CC1=NN(c2ccc(C(=O)OCC(=O)N(C)CC(=O)Nc3ccccc3Cl)cc2)CC1. The summed E-state index contributed by atoms with van der Waals surface area (Å²) in [4.78, 5) is 37.7. The summed E-state index contributed by atoms with van der Waals surface area (Å²) < 4.78 is 5.09. The number of hydrogen-bond acceptors (Lipinski definition) is 6. The van der Waals surface area contributed by atoms with Crippen LogP contribution in [0.1, 0.15) is 23.7 Å². The van der Waals surface area contributed by atoms with Crippen LogP contribution in [-0.2, 0) is 14.3 Å². The first-order chi connectivity index (χ1) is 14.8. The summed E-state index contributed by atoms with van der Waals surface area (Å²) >= 11 is 6.00. The fourth-order valence-electron chi connectivity index (χ4n) is 2.91. The number of rotatable bonds is 7. The van der Waals surface area contributed by atoms with E-state index in [-0.39, 0.29) is 6.54 Å². The number of carbonyl (C=O) groups is 3. The number of esters is 1. The second kappa shape index (κ2) is 10.1. The minimum absolute atomic E-state index is 0.202. The van der Waals surface area contributed by atoms with Gasteiger partial charge in [0.25, 0.3) is 5.91 Å². The standard InChI is InChI=1S/C22H23ClN4O4/c1-15-11-12-27(25-15)17-9-7-16(8-10-17)22(30)31-14-21(29)26(2)13-20(28)24-19-6-4-3-5-18(19)23/h3-10H,11-14H2,1-2H3,(H,24,28). The molecule has 0 atom stereocenters. The molecule has 0 saturated heterocycles. The van der Waals surface area contributed by atoms with E-state index in [9.17, 15) is 14.4 Å². The number of halogens is 1. The van der Waals surface area contributed by atoms with Crippen LogP contribution in [0.3, 0.4) is 0 Å². The van der Waals surface area contributed by atoms with Crippen molar-refractivity contribution in [1.29, 1.82) is 0 Å². The van der Waals surface area contributed by atoms with Gasteiger partial charge in [-0.15, -0.1) is 0 Å². The number of likely N-dealkylation sites (N-methyl/N-ethyl adjacent to an activating group) is 1. The summed E-state index contributed by atoms with van der Waals surface area (Å²) in [5, 5.41) is 9.31. The lowest BCUT2D eigenvalue weighted by molar-refractivity contribution is -0.136. The Bertz CT molecular complexity index is 1010. The average Bonchev–Trinajstić information content (AvgIpc) is 3.19. The van der Waals surface area contributed by atoms with Crippen LogP contribution < -0.4 is 10.3 Å². The molecule has 31 heavy (non-hydrogen) atoms. The molecule has 0 unspecified atom stereocenters. The van der Waals surface area contributed by atoms with E-state index in [1.807, 2.05) is 11.9 Å². The summed E-state index contributed by atoms with van der Waals surface area (Å²) in [6, 6.07) is 13.6. The van der Waals surface area contributed by atoms with E-state index in [0.29, 0.717) is 16.3 Å². The van der Waals surface area contributed by atoms with Crippen LogP contribution >= 0.6 is 11.6 Å². The lowest BCUT2D eigenvalue weighted by Crippen LogP contribution is -2.37. The van der Waals surface area contributed by atoms with Gasteiger partial charge in [0.15, 0.2) is 6.61 Å². The van der Waals surface area contributed by atoms with Crippen molar-refractivity contribution in [2.24, 2.45) is 5.10 Å². The number of benzene rings is 2. The number of amides is 2. The van der Waals surface area contributed by atoms with Gasteiger partial charge >= 0.3 is 5.97 Å². The Hall–Kier alpha value is -3.39. The van der Waals surface area contributed by atoms with E-state index in [1.165, 1.54) is 11.9 Å². The van der Waals surface area contributed by atoms with E-state index in [0.717, 1.165) is 24.4 Å². The normalized spacial score (nSPS) is 12.9. The molecular weight excluding hydrogens is 420 g/mol. The number of ether oxygens (including phenoxy) is 1. The van der Waals surface area contributed by atoms with Gasteiger partial charge in [-0.1, -0.05) is 23.7 Å². The van der Waals surface area contributed by atoms with Crippen molar-refractivity contribution in [3.63, 3.8) is 0 Å². The van der Waals surface area contributed by atoms with Gasteiger partial charge in [-0.05, 0) is 43.3 Å². The fraction of sp³-hybridized carbons (Fsp3) is 0.273. The highest BCUT2D eigenvalue weighted by Gasteiger charge is 2.18. The molecule has 0 saturated carbocycles. The molecule has 2 aromatic rings. The maximum atomic E-state index is 12.2. The van der Waals surface area contributed by atoms with Crippen molar-refractivity contribution in [3.05, 3.63) is 59.1 Å². The van der Waals surface area contributed by atoms with E-state index in [1.54, 1.807) is 48.5 Å². The first-order valence-corrected chi connectivity index (χ1v) is 10.1. The predicted molar refractivity (Wildman–Crippen MR) is 120 cm³/mol. The van der Waals surface area contributed by atoms with E-state index >= 15 is 0 Å². The number of hydrazone groups is 1. The molecule has 2 amide bonds. The molecule has 162 valence electrons. The molecule has 8 nitrogen and oxygen atoms in total. The number of nitrogens with zero attached hydrogens (tertiary/aromatic N) is 3. The monoisotopic (exact) mass is 442 g/mol. The summed E-state index contributed by atoms with van der Waals surface area (Å²) in [5.74, 6) is -1.53. The van der Waals surface area contributed by atoms with Crippen LogP contribution in [-0.4, -0.2) is 55.1 Å². The molecule has 9 heteroatoms. The van der Waals surface area contributed by atoms with E-state index in [2.05, 4.69) is 10.4 Å². The van der Waals surface area contributed by atoms with Gasteiger partial charge in [-0.2, -0.15) is 5.10 Å². The van der Waals surface area contributed by atoms with Crippen molar-refractivity contribution in [2.45, 2.75) is 13.3 Å². The molecular formula is C22H23ClN4O4. The molecule has 1 aliphatic heterocycles. The topological polar surface area (TPSA) is 91.3 Å². The van der Waals surface area contributed by atoms with Gasteiger partial charge in [0, 0.05) is 25.7 Å². The van der Waals surface area contributed by atoms with Crippen molar-refractivity contribution >= 4 is 46.5 Å². The third kappa shape index (κ3) is 6.05. The summed E-state index contributed by atoms with van der Waals surface area (Å²) in [7, 11) is 1.45. The zero-order valence-corrected chi connectivity index (χ0v) is 18.1. The Balaban J connectivity index is 1.46. The minimum atomic E-state index is -0.616. The summed E-state index contributed by atoms with van der Waals surface area (Å²) in [6.45, 7) is 2.11. The molecule has 1 N–H and O–H groups in total. The predicted octanol–water partition coefficient (Wildman–Crippen LogP) is 3.18. The number of hydrogen-bond donors (Lipinski definition) is 1. The third-order valence-corrected chi connectivity index (χ3v) is 4.99. The Kier molecular flexibility index (Phi) is 7.25. The molecule has 2 aromatic carbocycles. The number of nitrogens with one attached hydrogen (secondary N) is 1. The first-order valence-electron chi connectivity index (χ1n) is 9.70. The Morgan fingerprint density at radius 1 is 1.16 bits per heavy atom. The molecule has 0 aromatic heterocycles. The number of anilines is 2. The molecule has 1 heterocycles. The zero-order chi connectivity index (χ0) is 22.4. The molecule has 0 aliphatic carbocycles. The summed E-state index contributed by atoms with van der Waals surface area (Å²) in [5.41, 5.74) is 2.73. The van der Waals surface area contributed by atoms with E-state index < -0.39 is 24.4 Å². The zero-order valence-electron chi connectivity index (χ0n) is 17.3. The highest BCUT2D eigenvalue weighted by molar-refractivity contribution is 6.33. The first kappa shape index (κ1) is 22.3. The Morgan fingerprint density at radius 2 is 1.87 bits per heavy atom. The second-order valence-corrected chi connectivity index (χ2v) is 7.52. The molecule has 0 radical (unpaired) electrons. The lowest BCUT2D eigenvalue weighted by atomic mass is 10.2. The maximum Gasteiger partial charge on any atom is 0.338 e.